The lowest BCUT2D eigenvalue weighted by atomic mass is 10.1. The van der Waals surface area contributed by atoms with Crippen LogP contribution in [0.5, 0.6) is 0 Å². The molecule has 0 spiro atoms. The van der Waals surface area contributed by atoms with Crippen LogP contribution in [0.25, 0.3) is 0 Å². The number of rotatable bonds is 4. The van der Waals surface area contributed by atoms with Crippen molar-refractivity contribution in [3.8, 4) is 0 Å². The van der Waals surface area contributed by atoms with Gasteiger partial charge in [0.2, 0.25) is 5.91 Å². The maximum Gasteiger partial charge on any atom is 0.346 e. The summed E-state index contributed by atoms with van der Waals surface area (Å²) in [5.74, 6) is 0.334. The Morgan fingerprint density at radius 2 is 2.00 bits per heavy atom. The molecular formula is C15H26N4O4S. The molecule has 0 saturated carbocycles. The average molecular weight is 358 g/mol. The van der Waals surface area contributed by atoms with Crippen molar-refractivity contribution in [1.29, 1.82) is 0 Å². The van der Waals surface area contributed by atoms with Gasteiger partial charge in [0.15, 0.2) is 9.84 Å². The molecule has 2 rings (SSSR count). The lowest BCUT2D eigenvalue weighted by Crippen LogP contribution is -2.44. The number of likely N-dealkylation sites (N-methyl/N-ethyl adjacent to an activating group) is 1. The second-order valence-corrected chi connectivity index (χ2v) is 9.46. The quantitative estimate of drug-likeness (QED) is 0.763. The number of amides is 1. The molecule has 1 saturated heterocycles. The molecule has 1 aromatic heterocycles. The van der Waals surface area contributed by atoms with Gasteiger partial charge in [-0.05, 0) is 41.0 Å². The third-order valence-electron chi connectivity index (χ3n) is 4.29. The van der Waals surface area contributed by atoms with Gasteiger partial charge < -0.3 is 4.90 Å². The SMILES string of the molecule is CCN(C(=O)Cn1c(C)nn(C(C)(C)C)c1=O)C1CCS(=O)(=O)C1. The highest BCUT2D eigenvalue weighted by atomic mass is 32.2. The molecule has 1 fully saturated rings. The molecule has 9 heteroatoms. The summed E-state index contributed by atoms with van der Waals surface area (Å²) < 4.78 is 26.0. The standard InChI is InChI=1S/C15H26N4O4S/c1-6-17(12-7-8-24(22,23)10-12)13(20)9-18-11(2)16-19(14(18)21)15(3,4)5/h12H,6-10H2,1-5H3. The zero-order valence-electron chi connectivity index (χ0n) is 14.9. The summed E-state index contributed by atoms with van der Waals surface area (Å²) in [5, 5.41) is 4.24. The third kappa shape index (κ3) is 3.71. The summed E-state index contributed by atoms with van der Waals surface area (Å²) in [5.41, 5.74) is -0.802. The number of hydrogen-bond acceptors (Lipinski definition) is 5. The fraction of sp³-hybridized carbons (Fsp3) is 0.800. The van der Waals surface area contributed by atoms with Crippen molar-refractivity contribution in [3.05, 3.63) is 16.3 Å². The second-order valence-electron chi connectivity index (χ2n) is 7.24. The van der Waals surface area contributed by atoms with Gasteiger partial charge in [0.25, 0.3) is 0 Å². The largest absolute Gasteiger partial charge is 0.346 e. The number of sulfone groups is 1. The monoisotopic (exact) mass is 358 g/mol. The highest BCUT2D eigenvalue weighted by Crippen LogP contribution is 2.18. The van der Waals surface area contributed by atoms with Crippen LogP contribution >= 0.6 is 0 Å². The smallest absolute Gasteiger partial charge is 0.337 e. The van der Waals surface area contributed by atoms with Gasteiger partial charge in [-0.3, -0.25) is 9.36 Å². The van der Waals surface area contributed by atoms with E-state index < -0.39 is 15.4 Å². The van der Waals surface area contributed by atoms with E-state index in [2.05, 4.69) is 5.10 Å². The van der Waals surface area contributed by atoms with Gasteiger partial charge in [0.05, 0.1) is 17.0 Å². The zero-order valence-corrected chi connectivity index (χ0v) is 15.8. The molecule has 1 atom stereocenters. The van der Waals surface area contributed by atoms with Crippen LogP contribution < -0.4 is 5.69 Å². The van der Waals surface area contributed by atoms with Crippen LogP contribution in [0.15, 0.2) is 4.79 Å². The fourth-order valence-electron chi connectivity index (χ4n) is 3.00. The van der Waals surface area contributed by atoms with Crippen molar-refractivity contribution in [2.45, 2.75) is 59.2 Å². The first-order valence-corrected chi connectivity index (χ1v) is 9.95. The molecule has 0 aliphatic carbocycles. The Hall–Kier alpha value is -1.64. The Balaban J connectivity index is 2.23. The Morgan fingerprint density at radius 1 is 1.38 bits per heavy atom. The van der Waals surface area contributed by atoms with Crippen LogP contribution in [-0.2, 0) is 26.7 Å². The van der Waals surface area contributed by atoms with E-state index in [0.717, 1.165) is 0 Å². The Bertz CT molecular complexity index is 785. The van der Waals surface area contributed by atoms with Crippen LogP contribution in [0.3, 0.4) is 0 Å². The molecule has 1 aliphatic heterocycles. The van der Waals surface area contributed by atoms with Gasteiger partial charge in [-0.25, -0.2) is 17.9 Å². The molecule has 0 radical (unpaired) electrons. The van der Waals surface area contributed by atoms with E-state index >= 15 is 0 Å². The summed E-state index contributed by atoms with van der Waals surface area (Å²) in [4.78, 5) is 26.7. The highest BCUT2D eigenvalue weighted by molar-refractivity contribution is 7.91. The summed E-state index contributed by atoms with van der Waals surface area (Å²) in [7, 11) is -3.07. The predicted molar refractivity (Wildman–Crippen MR) is 90.7 cm³/mol. The maximum atomic E-state index is 12.6. The maximum absolute atomic E-state index is 12.6. The molecule has 1 aliphatic rings. The van der Waals surface area contributed by atoms with E-state index in [1.807, 2.05) is 27.7 Å². The minimum absolute atomic E-state index is 0.00170. The fourth-order valence-corrected chi connectivity index (χ4v) is 4.73. The summed E-state index contributed by atoms with van der Waals surface area (Å²) >= 11 is 0. The topological polar surface area (TPSA) is 94.3 Å². The summed E-state index contributed by atoms with van der Waals surface area (Å²) in [6.07, 6.45) is 0.455. The average Bonchev–Trinajstić information content (AvgIpc) is 2.93. The van der Waals surface area contributed by atoms with E-state index in [1.54, 1.807) is 11.8 Å². The molecule has 1 aromatic rings. The van der Waals surface area contributed by atoms with Crippen LogP contribution in [-0.4, -0.2) is 57.7 Å². The molecule has 1 amide bonds. The minimum Gasteiger partial charge on any atom is -0.337 e. The Labute approximate surface area is 142 Å². The first-order chi connectivity index (χ1) is 11.0. The number of carbonyl (C=O) groups is 1. The van der Waals surface area contributed by atoms with Gasteiger partial charge >= 0.3 is 5.69 Å². The van der Waals surface area contributed by atoms with E-state index in [0.29, 0.717) is 18.8 Å². The van der Waals surface area contributed by atoms with Crippen LogP contribution in [0.2, 0.25) is 0 Å². The molecule has 136 valence electrons. The van der Waals surface area contributed by atoms with Crippen molar-refractivity contribution in [3.63, 3.8) is 0 Å². The minimum atomic E-state index is -3.07. The van der Waals surface area contributed by atoms with Crippen molar-refractivity contribution < 1.29 is 13.2 Å². The zero-order chi connectivity index (χ0) is 18.3. The second kappa shape index (κ2) is 6.34. The van der Waals surface area contributed by atoms with Crippen molar-refractivity contribution in [1.82, 2.24) is 19.2 Å². The molecule has 2 heterocycles. The molecular weight excluding hydrogens is 332 g/mol. The van der Waals surface area contributed by atoms with E-state index in [9.17, 15) is 18.0 Å². The lowest BCUT2D eigenvalue weighted by molar-refractivity contribution is -0.133. The van der Waals surface area contributed by atoms with Gasteiger partial charge in [-0.2, -0.15) is 5.10 Å². The summed E-state index contributed by atoms with van der Waals surface area (Å²) in [6.45, 7) is 9.41. The van der Waals surface area contributed by atoms with E-state index in [-0.39, 0.29) is 35.7 Å². The van der Waals surface area contributed by atoms with Gasteiger partial charge in [-0.15, -0.1) is 0 Å². The molecule has 8 nitrogen and oxygen atoms in total. The van der Waals surface area contributed by atoms with Crippen molar-refractivity contribution in [2.75, 3.05) is 18.1 Å². The third-order valence-corrected chi connectivity index (χ3v) is 6.04. The Kier molecular flexibility index (Phi) is 4.94. The first-order valence-electron chi connectivity index (χ1n) is 8.13. The molecule has 0 bridgehead atoms. The van der Waals surface area contributed by atoms with Gasteiger partial charge in [-0.1, -0.05) is 0 Å². The van der Waals surface area contributed by atoms with Crippen molar-refractivity contribution in [2.24, 2.45) is 0 Å². The lowest BCUT2D eigenvalue weighted by Gasteiger charge is -2.27. The number of aryl methyl sites for hydroxylation is 1. The molecule has 24 heavy (non-hydrogen) atoms. The summed E-state index contributed by atoms with van der Waals surface area (Å²) in [6, 6.07) is -0.304. The normalized spacial score (nSPS) is 20.3. The van der Waals surface area contributed by atoms with Crippen molar-refractivity contribution >= 4 is 15.7 Å². The molecule has 1 unspecified atom stereocenters. The van der Waals surface area contributed by atoms with Crippen LogP contribution in [0, 0.1) is 6.92 Å². The van der Waals surface area contributed by atoms with Crippen LogP contribution in [0.1, 0.15) is 39.9 Å². The van der Waals surface area contributed by atoms with Gasteiger partial charge in [0.1, 0.15) is 12.4 Å². The van der Waals surface area contributed by atoms with E-state index in [1.165, 1.54) is 9.25 Å². The van der Waals surface area contributed by atoms with E-state index in [4.69, 9.17) is 0 Å². The Morgan fingerprint density at radius 3 is 2.42 bits per heavy atom. The predicted octanol–water partition coefficient (Wildman–Crippen LogP) is 0.144. The van der Waals surface area contributed by atoms with Gasteiger partial charge in [0, 0.05) is 12.6 Å². The number of nitrogens with zero attached hydrogens (tertiary/aromatic N) is 4. The number of hydrogen-bond donors (Lipinski definition) is 0. The highest BCUT2D eigenvalue weighted by Gasteiger charge is 2.34. The molecule has 0 N–H and O–H groups in total. The molecule has 0 aromatic carbocycles. The number of carbonyl (C=O) groups excluding carboxylic acids is 1. The first kappa shape index (κ1) is 18.7. The number of aromatic nitrogens is 3. The van der Waals surface area contributed by atoms with Crippen LogP contribution in [0.4, 0.5) is 0 Å².